The fourth-order valence-electron chi connectivity index (χ4n) is 4.70. The van der Waals surface area contributed by atoms with E-state index in [1.54, 1.807) is 6.07 Å². The Bertz CT molecular complexity index is 1570. The fraction of sp³-hybridized carbons (Fsp3) is 0.242. The normalized spacial score (nSPS) is 10.4. The molecule has 8 nitrogen and oxygen atoms in total. The van der Waals surface area contributed by atoms with Gasteiger partial charge in [-0.2, -0.15) is 5.21 Å². The summed E-state index contributed by atoms with van der Waals surface area (Å²) >= 11 is 0. The zero-order valence-corrected chi connectivity index (χ0v) is 23.3. The van der Waals surface area contributed by atoms with E-state index in [0.29, 0.717) is 37.0 Å². The number of aryl methyl sites for hydroxylation is 1. The van der Waals surface area contributed by atoms with Crippen LogP contribution >= 0.6 is 0 Å². The van der Waals surface area contributed by atoms with Crippen LogP contribution in [0.5, 0.6) is 28.7 Å². The van der Waals surface area contributed by atoms with Crippen molar-refractivity contribution in [2.75, 3.05) is 13.2 Å². The van der Waals surface area contributed by atoms with Crippen molar-refractivity contribution < 1.29 is 19.3 Å². The first-order valence-electron chi connectivity index (χ1n) is 14.0. The number of para-hydroxylation sites is 1. The number of hydrogen-bond donors (Lipinski definition) is 2. The molecule has 4 aromatic carbocycles. The molecular weight excluding hydrogens is 562 g/mol. The summed E-state index contributed by atoms with van der Waals surface area (Å²) in [7, 11) is 0. The summed E-state index contributed by atoms with van der Waals surface area (Å²) in [4.78, 5) is 0. The molecule has 0 saturated carbocycles. The topological polar surface area (TPSA) is 102 Å². The molecule has 0 unspecified atom stereocenters. The zero-order chi connectivity index (χ0) is 28.4. The number of nitrogens with one attached hydrogen (secondary N) is 1. The third-order valence-electron chi connectivity index (χ3n) is 6.73. The van der Waals surface area contributed by atoms with Crippen LogP contribution in [0.15, 0.2) is 84.9 Å². The SMILES string of the molecule is CCCc1c(OCCCOc2cc(O)c(-c3ccccc3)cc2CC)cccc1Oc1ccccc1-c1nn[nH]n1.[NaH].[NaH]. The Morgan fingerprint density at radius 2 is 1.44 bits per heavy atom. The predicted octanol–water partition coefficient (Wildman–Crippen LogP) is 6.10. The van der Waals surface area contributed by atoms with E-state index >= 15 is 0 Å². The minimum atomic E-state index is 0. The van der Waals surface area contributed by atoms with Crippen LogP contribution in [0, 0.1) is 0 Å². The number of aromatic hydroxyl groups is 1. The first kappa shape index (κ1) is 34.6. The Balaban J connectivity index is 0.00000253. The number of ether oxygens (including phenoxy) is 3. The number of aromatic amines is 1. The maximum atomic E-state index is 10.7. The number of nitrogens with zero attached hydrogens (tertiary/aromatic N) is 3. The molecule has 2 N–H and O–H groups in total. The van der Waals surface area contributed by atoms with Gasteiger partial charge in [-0.3, -0.25) is 0 Å². The summed E-state index contributed by atoms with van der Waals surface area (Å²) in [6.07, 6.45) is 3.23. The van der Waals surface area contributed by atoms with Gasteiger partial charge in [0, 0.05) is 23.6 Å². The first-order valence-corrected chi connectivity index (χ1v) is 14.0. The summed E-state index contributed by atoms with van der Waals surface area (Å²) in [6, 6.07) is 27.1. The Morgan fingerprint density at radius 1 is 0.744 bits per heavy atom. The molecule has 0 aliphatic carbocycles. The van der Waals surface area contributed by atoms with Gasteiger partial charge < -0.3 is 19.3 Å². The molecule has 0 radical (unpaired) electrons. The van der Waals surface area contributed by atoms with Crippen LogP contribution in [0.25, 0.3) is 22.5 Å². The monoisotopic (exact) mass is 598 g/mol. The summed E-state index contributed by atoms with van der Waals surface area (Å²) in [5, 5.41) is 25.0. The minimum absolute atomic E-state index is 0. The molecular formula is C33H36N4Na2O4. The van der Waals surface area contributed by atoms with E-state index in [-0.39, 0.29) is 64.9 Å². The maximum absolute atomic E-state index is 10.7. The van der Waals surface area contributed by atoms with Crippen LogP contribution in [0.3, 0.4) is 0 Å². The van der Waals surface area contributed by atoms with Crippen LogP contribution in [0.2, 0.25) is 0 Å². The van der Waals surface area contributed by atoms with Gasteiger partial charge in [0.15, 0.2) is 0 Å². The molecule has 0 aliphatic rings. The van der Waals surface area contributed by atoms with Gasteiger partial charge in [-0.05, 0) is 59.5 Å². The van der Waals surface area contributed by atoms with Crippen LogP contribution in [0.1, 0.15) is 37.8 Å². The van der Waals surface area contributed by atoms with Crippen LogP contribution in [-0.4, -0.2) is 98.1 Å². The quantitative estimate of drug-likeness (QED) is 0.125. The Morgan fingerprint density at radius 3 is 2.16 bits per heavy atom. The molecule has 0 saturated heterocycles. The van der Waals surface area contributed by atoms with Gasteiger partial charge >= 0.3 is 59.1 Å². The van der Waals surface area contributed by atoms with E-state index in [1.165, 1.54) is 0 Å². The van der Waals surface area contributed by atoms with E-state index in [0.717, 1.165) is 58.6 Å². The van der Waals surface area contributed by atoms with E-state index < -0.39 is 0 Å². The second-order valence-electron chi connectivity index (χ2n) is 9.56. The number of phenolic OH excluding ortho intramolecular Hbond substituents is 1. The number of benzene rings is 4. The third-order valence-corrected chi connectivity index (χ3v) is 6.73. The number of tetrazole rings is 1. The van der Waals surface area contributed by atoms with Gasteiger partial charge in [0.2, 0.25) is 5.82 Å². The average molecular weight is 599 g/mol. The van der Waals surface area contributed by atoms with Crippen molar-refractivity contribution in [3.05, 3.63) is 96.1 Å². The molecule has 214 valence electrons. The van der Waals surface area contributed by atoms with Crippen molar-refractivity contribution in [1.29, 1.82) is 0 Å². The summed E-state index contributed by atoms with van der Waals surface area (Å²) in [6.45, 7) is 5.16. The van der Waals surface area contributed by atoms with Gasteiger partial charge in [-0.15, -0.1) is 10.2 Å². The van der Waals surface area contributed by atoms with E-state index in [4.69, 9.17) is 14.2 Å². The van der Waals surface area contributed by atoms with E-state index in [9.17, 15) is 5.11 Å². The molecule has 1 heterocycles. The average Bonchev–Trinajstić information content (AvgIpc) is 3.54. The van der Waals surface area contributed by atoms with Gasteiger partial charge in [0.25, 0.3) is 0 Å². The van der Waals surface area contributed by atoms with Gasteiger partial charge in [-0.1, -0.05) is 68.8 Å². The first-order chi connectivity index (χ1) is 20.2. The molecule has 5 aromatic rings. The third kappa shape index (κ3) is 8.85. The van der Waals surface area contributed by atoms with Crippen molar-refractivity contribution in [3.63, 3.8) is 0 Å². The van der Waals surface area contributed by atoms with Gasteiger partial charge in [0.05, 0.1) is 18.8 Å². The number of phenols is 1. The Hall–Kier alpha value is -2.85. The zero-order valence-electron chi connectivity index (χ0n) is 23.3. The number of aromatic nitrogens is 4. The second kappa shape index (κ2) is 17.4. The Labute approximate surface area is 296 Å². The number of hydrogen-bond acceptors (Lipinski definition) is 7. The molecule has 0 aliphatic heterocycles. The van der Waals surface area contributed by atoms with Crippen molar-refractivity contribution in [2.24, 2.45) is 0 Å². The van der Waals surface area contributed by atoms with Crippen molar-refractivity contribution in [2.45, 2.75) is 39.5 Å². The second-order valence-corrected chi connectivity index (χ2v) is 9.56. The summed E-state index contributed by atoms with van der Waals surface area (Å²) < 4.78 is 18.7. The molecule has 1 aromatic heterocycles. The summed E-state index contributed by atoms with van der Waals surface area (Å²) in [5.41, 5.74) is 4.60. The Kier molecular flexibility index (Phi) is 14.1. The number of H-pyrrole nitrogens is 1. The summed E-state index contributed by atoms with van der Waals surface area (Å²) in [5.74, 6) is 3.55. The van der Waals surface area contributed by atoms with Crippen molar-refractivity contribution in [3.8, 4) is 51.3 Å². The molecule has 0 bridgehead atoms. The van der Waals surface area contributed by atoms with E-state index in [1.807, 2.05) is 78.9 Å². The predicted molar refractivity (Wildman–Crippen MR) is 173 cm³/mol. The van der Waals surface area contributed by atoms with E-state index in [2.05, 4.69) is 34.5 Å². The number of rotatable bonds is 13. The molecule has 43 heavy (non-hydrogen) atoms. The molecule has 10 heteroatoms. The molecule has 0 fully saturated rings. The van der Waals surface area contributed by atoms with Crippen molar-refractivity contribution in [1.82, 2.24) is 20.6 Å². The van der Waals surface area contributed by atoms with Gasteiger partial charge in [-0.25, -0.2) is 0 Å². The molecule has 0 atom stereocenters. The van der Waals surface area contributed by atoms with Gasteiger partial charge in [0.1, 0.15) is 28.7 Å². The fourth-order valence-corrected chi connectivity index (χ4v) is 4.70. The van der Waals surface area contributed by atoms with Crippen LogP contribution in [-0.2, 0) is 12.8 Å². The van der Waals surface area contributed by atoms with Crippen LogP contribution in [0.4, 0.5) is 0 Å². The molecule has 0 spiro atoms. The molecule has 5 rings (SSSR count). The van der Waals surface area contributed by atoms with Crippen molar-refractivity contribution >= 4 is 59.1 Å². The molecule has 0 amide bonds. The standard InChI is InChI=1S/C33H34N4O4.2Na.2H/c1-3-12-25-29(17-10-18-30(25)41-31-16-9-8-15-26(31)33-34-36-37-35-33)39-19-11-20-40-32-22-28(38)27(21-23(32)4-2)24-13-6-5-7-14-24;;;;/h5-10,13-18,21-22,38H,3-4,11-12,19-20H2,1-2H3,(H,34,35,36,37);;;;. The van der Waals surface area contributed by atoms with Crippen LogP contribution < -0.4 is 14.2 Å².